The fourth-order valence-corrected chi connectivity index (χ4v) is 3.72. The van der Waals surface area contributed by atoms with Crippen molar-refractivity contribution in [2.75, 3.05) is 13.7 Å². The second-order valence-electron chi connectivity index (χ2n) is 7.41. The number of rotatable bonds is 6. The molecule has 30 heavy (non-hydrogen) atoms. The van der Waals surface area contributed by atoms with Crippen molar-refractivity contribution in [2.45, 2.75) is 31.2 Å². The fraction of sp³-hybridized carbons (Fsp3) is 0.304. The summed E-state index contributed by atoms with van der Waals surface area (Å²) in [4.78, 5) is 16.5. The van der Waals surface area contributed by atoms with Crippen LogP contribution in [0, 0.1) is 0 Å². The van der Waals surface area contributed by atoms with E-state index in [1.807, 2.05) is 48.5 Å². The molecular formula is C23H25N3O4. The van der Waals surface area contributed by atoms with Gasteiger partial charge in [-0.15, -0.1) is 0 Å². The van der Waals surface area contributed by atoms with Crippen molar-refractivity contribution in [1.29, 1.82) is 0 Å². The summed E-state index contributed by atoms with van der Waals surface area (Å²) in [5.74, 6) is 0.787. The lowest BCUT2D eigenvalue weighted by Crippen LogP contribution is -2.41. The number of β-amino-alcohol motifs (C(OH)–C–C–N with tert-alkyl or cyclic N) is 1. The molecule has 0 radical (unpaired) electrons. The number of nitrogens with one attached hydrogen (secondary N) is 2. The molecule has 1 amide bonds. The molecule has 7 nitrogen and oxygen atoms in total. The smallest absolute Gasteiger partial charge is 0.407 e. The summed E-state index contributed by atoms with van der Waals surface area (Å²) in [7, 11) is 1.63. The summed E-state index contributed by atoms with van der Waals surface area (Å²) in [5, 5.41) is 18.4. The van der Waals surface area contributed by atoms with E-state index in [0.29, 0.717) is 19.5 Å². The molecule has 0 spiro atoms. The van der Waals surface area contributed by atoms with E-state index in [1.165, 1.54) is 0 Å². The standard InChI is InChI=1S/C23H25N3O4/c1-29-19-6-3-15(4-7-19)11-20-22(21(27)14-25-20)30-23(28)26-12-16-2-5-18-13-24-9-8-17(18)10-16/h2-10,13,20-22,25,27H,11-12,14H2,1H3,(H,26,28)/t20-,21+,22+/m1/s1. The quantitative estimate of drug-likeness (QED) is 0.581. The Kier molecular flexibility index (Phi) is 6.11. The third-order valence-corrected chi connectivity index (χ3v) is 5.36. The van der Waals surface area contributed by atoms with Crippen LogP contribution in [0.4, 0.5) is 4.79 Å². The van der Waals surface area contributed by atoms with Crippen molar-refractivity contribution in [3.05, 3.63) is 72.1 Å². The molecule has 7 heteroatoms. The van der Waals surface area contributed by atoms with Crippen molar-refractivity contribution in [3.8, 4) is 5.75 Å². The average molecular weight is 407 g/mol. The van der Waals surface area contributed by atoms with Gasteiger partial charge in [0.25, 0.3) is 0 Å². The van der Waals surface area contributed by atoms with E-state index in [0.717, 1.165) is 27.6 Å². The van der Waals surface area contributed by atoms with Crippen LogP contribution in [0.3, 0.4) is 0 Å². The minimum atomic E-state index is -0.743. The molecule has 0 bridgehead atoms. The number of hydrogen-bond acceptors (Lipinski definition) is 6. The Morgan fingerprint density at radius 3 is 2.77 bits per heavy atom. The Morgan fingerprint density at radius 1 is 1.17 bits per heavy atom. The number of fused-ring (bicyclic) bond motifs is 1. The molecular weight excluding hydrogens is 382 g/mol. The van der Waals surface area contributed by atoms with E-state index in [9.17, 15) is 9.90 Å². The average Bonchev–Trinajstić information content (AvgIpc) is 3.11. The maximum atomic E-state index is 12.4. The number of alkyl carbamates (subject to hydrolysis) is 1. The predicted octanol–water partition coefficient (Wildman–Crippen LogP) is 2.41. The molecule has 0 unspecified atom stereocenters. The number of nitrogens with zero attached hydrogens (tertiary/aromatic N) is 1. The minimum Gasteiger partial charge on any atom is -0.497 e. The van der Waals surface area contributed by atoms with Crippen LogP contribution < -0.4 is 15.4 Å². The number of ether oxygens (including phenoxy) is 2. The zero-order chi connectivity index (χ0) is 20.9. The van der Waals surface area contributed by atoms with Crippen LogP contribution in [-0.2, 0) is 17.7 Å². The van der Waals surface area contributed by atoms with E-state index in [-0.39, 0.29) is 6.04 Å². The van der Waals surface area contributed by atoms with E-state index in [2.05, 4.69) is 15.6 Å². The first-order valence-electron chi connectivity index (χ1n) is 9.94. The highest BCUT2D eigenvalue weighted by Crippen LogP contribution is 2.19. The number of aliphatic hydroxyl groups is 1. The highest BCUT2D eigenvalue weighted by Gasteiger charge is 2.37. The maximum absolute atomic E-state index is 12.4. The van der Waals surface area contributed by atoms with Crippen molar-refractivity contribution in [3.63, 3.8) is 0 Å². The van der Waals surface area contributed by atoms with Crippen LogP contribution in [0.1, 0.15) is 11.1 Å². The highest BCUT2D eigenvalue weighted by atomic mass is 16.6. The van der Waals surface area contributed by atoms with E-state index in [1.54, 1.807) is 19.5 Å². The molecule has 3 atom stereocenters. The van der Waals surface area contributed by atoms with Gasteiger partial charge < -0.3 is 25.2 Å². The normalized spacial score (nSPS) is 20.8. The van der Waals surface area contributed by atoms with Gasteiger partial charge in [0.15, 0.2) is 0 Å². The summed E-state index contributed by atoms with van der Waals surface area (Å²) in [6.07, 6.45) is 2.28. The molecule has 3 N–H and O–H groups in total. The molecule has 1 fully saturated rings. The van der Waals surface area contributed by atoms with Crippen LogP contribution in [0.2, 0.25) is 0 Å². The Morgan fingerprint density at radius 2 is 1.97 bits per heavy atom. The summed E-state index contributed by atoms with van der Waals surface area (Å²) in [6.45, 7) is 0.730. The van der Waals surface area contributed by atoms with Gasteiger partial charge >= 0.3 is 6.09 Å². The van der Waals surface area contributed by atoms with Crippen LogP contribution in [-0.4, -0.2) is 48.1 Å². The van der Waals surface area contributed by atoms with Crippen molar-refractivity contribution in [1.82, 2.24) is 15.6 Å². The Labute approximate surface area is 175 Å². The molecule has 4 rings (SSSR count). The van der Waals surface area contributed by atoms with Crippen LogP contribution in [0.5, 0.6) is 5.75 Å². The molecule has 2 aromatic carbocycles. The van der Waals surface area contributed by atoms with Gasteiger partial charge in [0.05, 0.1) is 13.2 Å². The first kappa shape index (κ1) is 20.1. The number of aliphatic hydroxyl groups excluding tert-OH is 1. The zero-order valence-electron chi connectivity index (χ0n) is 16.7. The lowest BCUT2D eigenvalue weighted by molar-refractivity contribution is 0.0188. The SMILES string of the molecule is COc1ccc(C[C@H]2NC[C@H](O)[C@H]2OC(=O)NCc2ccc3cnccc3c2)cc1. The largest absolute Gasteiger partial charge is 0.497 e. The summed E-state index contributed by atoms with van der Waals surface area (Å²) in [6, 6.07) is 15.4. The number of aromatic nitrogens is 1. The predicted molar refractivity (Wildman–Crippen MR) is 113 cm³/mol. The monoisotopic (exact) mass is 407 g/mol. The Bertz CT molecular complexity index is 1010. The molecule has 1 aliphatic rings. The lowest BCUT2D eigenvalue weighted by Gasteiger charge is -2.22. The fourth-order valence-electron chi connectivity index (χ4n) is 3.72. The van der Waals surface area contributed by atoms with Gasteiger partial charge in [0, 0.05) is 30.9 Å². The van der Waals surface area contributed by atoms with Gasteiger partial charge in [0.1, 0.15) is 18.0 Å². The topological polar surface area (TPSA) is 92.7 Å². The molecule has 3 aromatic rings. The van der Waals surface area contributed by atoms with E-state index in [4.69, 9.17) is 9.47 Å². The third kappa shape index (κ3) is 4.69. The number of pyridine rings is 1. The summed E-state index contributed by atoms with van der Waals surface area (Å²) in [5.41, 5.74) is 2.03. The van der Waals surface area contributed by atoms with Crippen LogP contribution in [0.25, 0.3) is 10.8 Å². The third-order valence-electron chi connectivity index (χ3n) is 5.36. The van der Waals surface area contributed by atoms with Gasteiger partial charge in [-0.05, 0) is 47.2 Å². The van der Waals surface area contributed by atoms with Crippen molar-refractivity contribution in [2.24, 2.45) is 0 Å². The molecule has 0 saturated carbocycles. The number of hydrogen-bond donors (Lipinski definition) is 3. The molecule has 1 saturated heterocycles. The number of amides is 1. The van der Waals surface area contributed by atoms with Gasteiger partial charge in [0.2, 0.25) is 0 Å². The number of carbonyl (C=O) groups excluding carboxylic acids is 1. The molecule has 0 aliphatic carbocycles. The van der Waals surface area contributed by atoms with Gasteiger partial charge in [-0.3, -0.25) is 4.98 Å². The van der Waals surface area contributed by atoms with Gasteiger partial charge in [-0.1, -0.05) is 24.3 Å². The van der Waals surface area contributed by atoms with Crippen LogP contribution >= 0.6 is 0 Å². The highest BCUT2D eigenvalue weighted by molar-refractivity contribution is 5.82. The Hall–Kier alpha value is -3.16. The second kappa shape index (κ2) is 9.11. The van der Waals surface area contributed by atoms with Crippen LogP contribution in [0.15, 0.2) is 60.9 Å². The van der Waals surface area contributed by atoms with E-state index < -0.39 is 18.3 Å². The Balaban J connectivity index is 1.34. The molecule has 1 aliphatic heterocycles. The first-order valence-corrected chi connectivity index (χ1v) is 9.94. The van der Waals surface area contributed by atoms with Crippen molar-refractivity contribution < 1.29 is 19.4 Å². The lowest BCUT2D eigenvalue weighted by atomic mass is 10.0. The van der Waals surface area contributed by atoms with E-state index >= 15 is 0 Å². The molecule has 1 aromatic heterocycles. The number of carbonyl (C=O) groups is 1. The first-order chi connectivity index (χ1) is 14.6. The maximum Gasteiger partial charge on any atom is 0.407 e. The zero-order valence-corrected chi connectivity index (χ0v) is 16.7. The number of benzene rings is 2. The minimum absolute atomic E-state index is 0.160. The summed E-state index contributed by atoms with van der Waals surface area (Å²) < 4.78 is 10.7. The van der Waals surface area contributed by atoms with Crippen molar-refractivity contribution >= 4 is 16.9 Å². The summed E-state index contributed by atoms with van der Waals surface area (Å²) >= 11 is 0. The van der Waals surface area contributed by atoms with Gasteiger partial charge in [-0.25, -0.2) is 4.79 Å². The molecule has 156 valence electrons. The number of methoxy groups -OCH3 is 1. The van der Waals surface area contributed by atoms with Gasteiger partial charge in [-0.2, -0.15) is 0 Å². The molecule has 2 heterocycles. The second-order valence-corrected chi connectivity index (χ2v) is 7.41.